The zero-order chi connectivity index (χ0) is 19.9. The number of rotatable bonds is 7. The number of amides is 1. The standard InChI is InChI=1S/C23H31N3O2/c1-18(2)21-7-9-22(10-8-21)24-12-11-19-3-5-20(6-4-19)17-25-13-15-26(16-14-25)23(27)28/h3-10,18,24H,11-17H2,1-2H3,(H,27,28). The topological polar surface area (TPSA) is 55.8 Å². The van der Waals surface area contributed by atoms with Crippen molar-refractivity contribution in [2.45, 2.75) is 32.7 Å². The Labute approximate surface area is 168 Å². The van der Waals surface area contributed by atoms with Crippen LogP contribution in [0.15, 0.2) is 48.5 Å². The molecule has 0 spiro atoms. The number of nitrogens with zero attached hydrogens (tertiary/aromatic N) is 2. The summed E-state index contributed by atoms with van der Waals surface area (Å²) in [6.45, 7) is 9.01. The second kappa shape index (κ2) is 9.60. The molecule has 5 nitrogen and oxygen atoms in total. The Hall–Kier alpha value is -2.53. The third kappa shape index (κ3) is 5.73. The number of nitrogens with one attached hydrogen (secondary N) is 1. The number of carbonyl (C=O) groups is 1. The molecule has 1 heterocycles. The van der Waals surface area contributed by atoms with E-state index in [4.69, 9.17) is 5.11 Å². The largest absolute Gasteiger partial charge is 0.465 e. The van der Waals surface area contributed by atoms with Gasteiger partial charge in [0.1, 0.15) is 0 Å². The average Bonchev–Trinajstić information content (AvgIpc) is 2.70. The normalized spacial score (nSPS) is 15.0. The predicted octanol–water partition coefficient (Wildman–Crippen LogP) is 4.26. The maximum Gasteiger partial charge on any atom is 0.407 e. The summed E-state index contributed by atoms with van der Waals surface area (Å²) in [5, 5.41) is 12.5. The average molecular weight is 382 g/mol. The minimum atomic E-state index is -0.812. The zero-order valence-corrected chi connectivity index (χ0v) is 16.9. The highest BCUT2D eigenvalue weighted by atomic mass is 16.4. The Morgan fingerprint density at radius 1 is 0.964 bits per heavy atom. The molecule has 1 aliphatic rings. The van der Waals surface area contributed by atoms with Gasteiger partial charge in [-0.25, -0.2) is 4.79 Å². The molecule has 0 unspecified atom stereocenters. The van der Waals surface area contributed by atoms with Gasteiger partial charge in [0, 0.05) is 45.0 Å². The van der Waals surface area contributed by atoms with E-state index in [1.54, 1.807) is 0 Å². The van der Waals surface area contributed by atoms with Crippen molar-refractivity contribution in [3.05, 3.63) is 65.2 Å². The summed E-state index contributed by atoms with van der Waals surface area (Å²) < 4.78 is 0. The van der Waals surface area contributed by atoms with Crippen molar-refractivity contribution >= 4 is 11.8 Å². The summed E-state index contributed by atoms with van der Waals surface area (Å²) in [7, 11) is 0. The molecule has 0 aliphatic carbocycles. The first-order valence-corrected chi connectivity index (χ1v) is 10.1. The maximum absolute atomic E-state index is 11.0. The van der Waals surface area contributed by atoms with E-state index < -0.39 is 6.09 Å². The van der Waals surface area contributed by atoms with Gasteiger partial charge < -0.3 is 15.3 Å². The van der Waals surface area contributed by atoms with Gasteiger partial charge in [0.25, 0.3) is 0 Å². The van der Waals surface area contributed by atoms with Crippen LogP contribution in [0.4, 0.5) is 10.5 Å². The first-order valence-electron chi connectivity index (χ1n) is 10.1. The van der Waals surface area contributed by atoms with Crippen molar-refractivity contribution in [2.75, 3.05) is 38.0 Å². The van der Waals surface area contributed by atoms with Crippen LogP contribution in [-0.4, -0.2) is 53.7 Å². The van der Waals surface area contributed by atoms with Crippen LogP contribution in [0.5, 0.6) is 0 Å². The highest BCUT2D eigenvalue weighted by Crippen LogP contribution is 2.17. The third-order valence-corrected chi connectivity index (χ3v) is 5.39. The summed E-state index contributed by atoms with van der Waals surface area (Å²) in [6.07, 6.45) is 0.178. The molecule has 150 valence electrons. The third-order valence-electron chi connectivity index (χ3n) is 5.39. The van der Waals surface area contributed by atoms with Gasteiger partial charge in [0.05, 0.1) is 0 Å². The fourth-order valence-corrected chi connectivity index (χ4v) is 3.50. The molecule has 1 aliphatic heterocycles. The molecule has 0 atom stereocenters. The zero-order valence-electron chi connectivity index (χ0n) is 16.9. The van der Waals surface area contributed by atoms with Crippen molar-refractivity contribution in [1.82, 2.24) is 9.80 Å². The molecule has 1 saturated heterocycles. The van der Waals surface area contributed by atoms with E-state index >= 15 is 0 Å². The summed E-state index contributed by atoms with van der Waals surface area (Å²) in [5.41, 5.74) is 5.14. The smallest absolute Gasteiger partial charge is 0.407 e. The number of piperazine rings is 1. The first kappa shape index (κ1) is 20.2. The molecule has 1 amide bonds. The molecule has 0 saturated carbocycles. The number of anilines is 1. The van der Waals surface area contributed by atoms with Crippen molar-refractivity contribution in [2.24, 2.45) is 0 Å². The second-order valence-electron chi connectivity index (χ2n) is 7.82. The predicted molar refractivity (Wildman–Crippen MR) is 114 cm³/mol. The summed E-state index contributed by atoms with van der Waals surface area (Å²) in [6, 6.07) is 17.5. The molecule has 3 rings (SSSR count). The van der Waals surface area contributed by atoms with Gasteiger partial charge in [0.15, 0.2) is 0 Å². The summed E-state index contributed by atoms with van der Waals surface area (Å²) in [4.78, 5) is 14.8. The van der Waals surface area contributed by atoms with Crippen LogP contribution in [0.1, 0.15) is 36.5 Å². The molecule has 1 fully saturated rings. The highest BCUT2D eigenvalue weighted by molar-refractivity contribution is 5.65. The van der Waals surface area contributed by atoms with Gasteiger partial charge in [-0.3, -0.25) is 4.90 Å². The number of carboxylic acid groups (broad SMARTS) is 1. The fraction of sp³-hybridized carbons (Fsp3) is 0.435. The molecule has 2 aromatic carbocycles. The van der Waals surface area contributed by atoms with Gasteiger partial charge in [0.2, 0.25) is 0 Å². The lowest BCUT2D eigenvalue weighted by atomic mass is 10.0. The number of hydrogen-bond acceptors (Lipinski definition) is 3. The van der Waals surface area contributed by atoms with E-state index in [0.717, 1.165) is 32.6 Å². The van der Waals surface area contributed by atoms with Crippen molar-refractivity contribution in [3.8, 4) is 0 Å². The molecule has 2 N–H and O–H groups in total. The fourth-order valence-electron chi connectivity index (χ4n) is 3.50. The molecule has 5 heteroatoms. The van der Waals surface area contributed by atoms with Gasteiger partial charge in [-0.2, -0.15) is 0 Å². The second-order valence-corrected chi connectivity index (χ2v) is 7.82. The van der Waals surface area contributed by atoms with E-state index in [1.165, 1.54) is 27.3 Å². The molecule has 0 radical (unpaired) electrons. The van der Waals surface area contributed by atoms with Gasteiger partial charge in [-0.1, -0.05) is 50.2 Å². The minimum Gasteiger partial charge on any atom is -0.465 e. The van der Waals surface area contributed by atoms with Gasteiger partial charge in [-0.15, -0.1) is 0 Å². The van der Waals surface area contributed by atoms with Crippen molar-refractivity contribution in [1.29, 1.82) is 0 Å². The lowest BCUT2D eigenvalue weighted by Crippen LogP contribution is -2.47. The van der Waals surface area contributed by atoms with Crippen LogP contribution in [-0.2, 0) is 13.0 Å². The molecule has 0 aromatic heterocycles. The Balaban J connectivity index is 1.41. The number of hydrogen-bond donors (Lipinski definition) is 2. The molecular weight excluding hydrogens is 350 g/mol. The monoisotopic (exact) mass is 381 g/mol. The first-order chi connectivity index (χ1) is 13.5. The summed E-state index contributed by atoms with van der Waals surface area (Å²) in [5.74, 6) is 0.564. The quantitative estimate of drug-likeness (QED) is 0.752. The van der Waals surface area contributed by atoms with Crippen LogP contribution in [0.25, 0.3) is 0 Å². The van der Waals surface area contributed by atoms with Crippen molar-refractivity contribution in [3.63, 3.8) is 0 Å². The number of benzene rings is 2. The van der Waals surface area contributed by atoms with Gasteiger partial charge in [-0.05, 0) is 41.2 Å². The van der Waals surface area contributed by atoms with Crippen molar-refractivity contribution < 1.29 is 9.90 Å². The van der Waals surface area contributed by atoms with Crippen LogP contribution < -0.4 is 5.32 Å². The Morgan fingerprint density at radius 2 is 1.57 bits per heavy atom. The molecule has 28 heavy (non-hydrogen) atoms. The molecule has 2 aromatic rings. The minimum absolute atomic E-state index is 0.564. The molecular formula is C23H31N3O2. The summed E-state index contributed by atoms with van der Waals surface area (Å²) >= 11 is 0. The van der Waals surface area contributed by atoms with Crippen LogP contribution in [0, 0.1) is 0 Å². The van der Waals surface area contributed by atoms with Crippen LogP contribution in [0.3, 0.4) is 0 Å². The van der Waals surface area contributed by atoms with E-state index in [-0.39, 0.29) is 0 Å². The van der Waals surface area contributed by atoms with E-state index in [9.17, 15) is 4.79 Å². The lowest BCUT2D eigenvalue weighted by Gasteiger charge is -2.33. The van der Waals surface area contributed by atoms with Crippen LogP contribution >= 0.6 is 0 Å². The Bertz CT molecular complexity index is 748. The lowest BCUT2D eigenvalue weighted by molar-refractivity contribution is 0.103. The maximum atomic E-state index is 11.0. The van der Waals surface area contributed by atoms with E-state index in [1.807, 2.05) is 0 Å². The van der Waals surface area contributed by atoms with E-state index in [2.05, 4.69) is 72.6 Å². The van der Waals surface area contributed by atoms with E-state index in [0.29, 0.717) is 19.0 Å². The Kier molecular flexibility index (Phi) is 6.93. The van der Waals surface area contributed by atoms with Crippen LogP contribution in [0.2, 0.25) is 0 Å². The molecule has 0 bridgehead atoms. The SMILES string of the molecule is CC(C)c1ccc(NCCc2ccc(CN3CCN(C(=O)O)CC3)cc2)cc1. The van der Waals surface area contributed by atoms with Gasteiger partial charge >= 0.3 is 6.09 Å². The Morgan fingerprint density at radius 3 is 2.14 bits per heavy atom. The highest BCUT2D eigenvalue weighted by Gasteiger charge is 2.20.